The number of aromatic nitrogens is 2. The van der Waals surface area contributed by atoms with Crippen LogP contribution in [0, 0.1) is 0 Å². The Morgan fingerprint density at radius 1 is 1.08 bits per heavy atom. The van der Waals surface area contributed by atoms with Gasteiger partial charge in [-0.15, -0.1) is 0 Å². The molecule has 8 nitrogen and oxygen atoms in total. The van der Waals surface area contributed by atoms with Gasteiger partial charge in [-0.05, 0) is 72.4 Å². The highest BCUT2D eigenvalue weighted by Crippen LogP contribution is 2.24. The summed E-state index contributed by atoms with van der Waals surface area (Å²) in [6.45, 7) is 4.28. The van der Waals surface area contributed by atoms with Crippen molar-refractivity contribution in [2.45, 2.75) is 45.1 Å². The van der Waals surface area contributed by atoms with Crippen molar-refractivity contribution < 1.29 is 19.1 Å². The van der Waals surface area contributed by atoms with E-state index in [4.69, 9.17) is 15.2 Å². The standard InChI is InChI=1S/C28H30N4O4/c1-18(2)20-7-9-21(10-8-20)32-22(17-25(31-32)26-4-3-15-36-26)11-14-27(34)30-28(35)24(29)16-19-5-12-23(33)13-6-19/h3-10,12-13,15,17-18,24,33H,11,14,16,29H2,1-2H3,(H,30,34,35). The predicted octanol–water partition coefficient (Wildman–Crippen LogP) is 4.11. The zero-order valence-corrected chi connectivity index (χ0v) is 20.3. The van der Waals surface area contributed by atoms with Crippen molar-refractivity contribution in [3.05, 3.63) is 89.8 Å². The molecule has 2 aromatic heterocycles. The maximum absolute atomic E-state index is 12.6. The van der Waals surface area contributed by atoms with Gasteiger partial charge in [0.1, 0.15) is 11.4 Å². The van der Waals surface area contributed by atoms with Crippen LogP contribution in [0.15, 0.2) is 77.4 Å². The summed E-state index contributed by atoms with van der Waals surface area (Å²) in [6.07, 6.45) is 2.30. The predicted molar refractivity (Wildman–Crippen MR) is 137 cm³/mol. The zero-order chi connectivity index (χ0) is 25.7. The van der Waals surface area contributed by atoms with Crippen molar-refractivity contribution in [1.29, 1.82) is 0 Å². The van der Waals surface area contributed by atoms with Gasteiger partial charge in [0.25, 0.3) is 0 Å². The Labute approximate surface area is 209 Å². The monoisotopic (exact) mass is 486 g/mol. The quantitative estimate of drug-likeness (QED) is 0.327. The molecule has 4 aromatic rings. The average molecular weight is 487 g/mol. The fourth-order valence-electron chi connectivity index (χ4n) is 3.88. The smallest absolute Gasteiger partial charge is 0.243 e. The fourth-order valence-corrected chi connectivity index (χ4v) is 3.88. The fraction of sp³-hybridized carbons (Fsp3) is 0.250. The van der Waals surface area contributed by atoms with Crippen molar-refractivity contribution in [2.24, 2.45) is 5.73 Å². The number of furan rings is 1. The van der Waals surface area contributed by atoms with E-state index >= 15 is 0 Å². The van der Waals surface area contributed by atoms with E-state index in [0.717, 1.165) is 16.9 Å². The summed E-state index contributed by atoms with van der Waals surface area (Å²) in [7, 11) is 0. The minimum Gasteiger partial charge on any atom is -0.508 e. The Morgan fingerprint density at radius 2 is 1.81 bits per heavy atom. The molecule has 0 bridgehead atoms. The molecule has 2 aromatic carbocycles. The first-order chi connectivity index (χ1) is 17.3. The van der Waals surface area contributed by atoms with Crippen molar-refractivity contribution in [1.82, 2.24) is 15.1 Å². The number of hydrogen-bond acceptors (Lipinski definition) is 6. The first kappa shape index (κ1) is 24.9. The number of hydrogen-bond donors (Lipinski definition) is 3. The molecule has 36 heavy (non-hydrogen) atoms. The number of aryl methyl sites for hydroxylation is 1. The Hall–Kier alpha value is -4.17. The topological polar surface area (TPSA) is 123 Å². The van der Waals surface area contributed by atoms with Crippen LogP contribution in [-0.4, -0.2) is 32.7 Å². The van der Waals surface area contributed by atoms with Gasteiger partial charge >= 0.3 is 0 Å². The number of nitrogens with zero attached hydrogens (tertiary/aromatic N) is 2. The minimum atomic E-state index is -0.881. The maximum atomic E-state index is 12.6. The number of imide groups is 1. The molecule has 1 unspecified atom stereocenters. The van der Waals surface area contributed by atoms with E-state index in [1.54, 1.807) is 29.1 Å². The van der Waals surface area contributed by atoms with E-state index in [1.165, 1.54) is 17.7 Å². The summed E-state index contributed by atoms with van der Waals surface area (Å²) < 4.78 is 7.31. The molecule has 0 spiro atoms. The number of aromatic hydroxyl groups is 1. The Bertz CT molecular complexity index is 1310. The van der Waals surface area contributed by atoms with Gasteiger partial charge in [0.15, 0.2) is 5.76 Å². The zero-order valence-electron chi connectivity index (χ0n) is 20.3. The number of nitrogens with one attached hydrogen (secondary N) is 1. The first-order valence-electron chi connectivity index (χ1n) is 11.9. The molecule has 1 atom stereocenters. The Kier molecular flexibility index (Phi) is 7.65. The maximum Gasteiger partial charge on any atom is 0.243 e. The second kappa shape index (κ2) is 11.0. The molecule has 4 N–H and O–H groups in total. The largest absolute Gasteiger partial charge is 0.508 e. The number of benzene rings is 2. The van der Waals surface area contributed by atoms with Crippen LogP contribution in [0.3, 0.4) is 0 Å². The van der Waals surface area contributed by atoms with Crippen LogP contribution in [0.4, 0.5) is 0 Å². The third kappa shape index (κ3) is 6.09. The molecule has 0 aliphatic rings. The van der Waals surface area contributed by atoms with Gasteiger partial charge < -0.3 is 15.3 Å². The number of amides is 2. The molecule has 0 aliphatic heterocycles. The highest BCUT2D eigenvalue weighted by molar-refractivity contribution is 5.97. The molecule has 0 fully saturated rings. The molecule has 186 valence electrons. The van der Waals surface area contributed by atoms with Crippen LogP contribution >= 0.6 is 0 Å². The summed E-state index contributed by atoms with van der Waals surface area (Å²) in [5.41, 5.74) is 10.3. The number of nitrogens with two attached hydrogens (primary N) is 1. The van der Waals surface area contributed by atoms with Crippen LogP contribution in [0.1, 0.15) is 43.0 Å². The van der Waals surface area contributed by atoms with E-state index in [1.807, 2.05) is 24.3 Å². The summed E-state index contributed by atoms with van der Waals surface area (Å²) in [6, 6.07) is 19.2. The highest BCUT2D eigenvalue weighted by atomic mass is 16.3. The molecular formula is C28H30N4O4. The van der Waals surface area contributed by atoms with E-state index in [9.17, 15) is 14.7 Å². The minimum absolute atomic E-state index is 0.0883. The van der Waals surface area contributed by atoms with Crippen LogP contribution in [0.2, 0.25) is 0 Å². The van der Waals surface area contributed by atoms with Gasteiger partial charge in [-0.25, -0.2) is 4.68 Å². The third-order valence-corrected chi connectivity index (χ3v) is 5.96. The number of phenolic OH excluding ortho intramolecular Hbond substituents is 1. The van der Waals surface area contributed by atoms with Crippen molar-refractivity contribution in [3.8, 4) is 22.9 Å². The summed E-state index contributed by atoms with van der Waals surface area (Å²) in [5, 5.41) is 16.5. The van der Waals surface area contributed by atoms with Crippen molar-refractivity contribution in [3.63, 3.8) is 0 Å². The lowest BCUT2D eigenvalue weighted by Gasteiger charge is -2.12. The number of phenols is 1. The molecule has 0 saturated carbocycles. The van der Waals surface area contributed by atoms with Crippen LogP contribution in [0.5, 0.6) is 5.75 Å². The summed E-state index contributed by atoms with van der Waals surface area (Å²) >= 11 is 0. The van der Waals surface area contributed by atoms with Gasteiger partial charge in [-0.1, -0.05) is 38.1 Å². The lowest BCUT2D eigenvalue weighted by atomic mass is 10.0. The van der Waals surface area contributed by atoms with Gasteiger partial charge in [-0.3, -0.25) is 14.9 Å². The van der Waals surface area contributed by atoms with E-state index in [0.29, 0.717) is 23.8 Å². The highest BCUT2D eigenvalue weighted by Gasteiger charge is 2.19. The Morgan fingerprint density at radius 3 is 2.44 bits per heavy atom. The molecule has 2 heterocycles. The molecule has 2 amide bonds. The molecule has 0 saturated heterocycles. The SMILES string of the molecule is CC(C)c1ccc(-n2nc(-c3ccco3)cc2CCC(=O)NC(=O)C(N)Cc2ccc(O)cc2)cc1. The van der Waals surface area contributed by atoms with Crippen LogP contribution in [-0.2, 0) is 22.4 Å². The Balaban J connectivity index is 1.43. The summed E-state index contributed by atoms with van der Waals surface area (Å²) in [5.74, 6) is 0.230. The molecule has 0 aliphatic carbocycles. The van der Waals surface area contributed by atoms with Crippen LogP contribution < -0.4 is 11.1 Å². The first-order valence-corrected chi connectivity index (χ1v) is 11.9. The van der Waals surface area contributed by atoms with E-state index in [2.05, 4.69) is 31.3 Å². The molecule has 4 rings (SSSR count). The second-order valence-electron chi connectivity index (χ2n) is 9.05. The summed E-state index contributed by atoms with van der Waals surface area (Å²) in [4.78, 5) is 25.0. The average Bonchev–Trinajstić information content (AvgIpc) is 3.54. The van der Waals surface area contributed by atoms with Gasteiger partial charge in [-0.2, -0.15) is 5.10 Å². The van der Waals surface area contributed by atoms with E-state index in [-0.39, 0.29) is 18.6 Å². The van der Waals surface area contributed by atoms with Gasteiger partial charge in [0.05, 0.1) is 18.0 Å². The number of carbonyl (C=O) groups is 2. The third-order valence-electron chi connectivity index (χ3n) is 5.96. The van der Waals surface area contributed by atoms with Gasteiger partial charge in [0, 0.05) is 12.1 Å². The lowest BCUT2D eigenvalue weighted by molar-refractivity contribution is -0.131. The van der Waals surface area contributed by atoms with Crippen molar-refractivity contribution >= 4 is 11.8 Å². The number of rotatable bonds is 9. The van der Waals surface area contributed by atoms with Crippen molar-refractivity contribution in [2.75, 3.05) is 0 Å². The second-order valence-corrected chi connectivity index (χ2v) is 9.05. The normalized spacial score (nSPS) is 12.0. The van der Waals surface area contributed by atoms with Crippen LogP contribution in [0.25, 0.3) is 17.1 Å². The number of carbonyl (C=O) groups excluding carboxylic acids is 2. The van der Waals surface area contributed by atoms with E-state index < -0.39 is 17.9 Å². The lowest BCUT2D eigenvalue weighted by Crippen LogP contribution is -2.44. The molecular weight excluding hydrogens is 456 g/mol. The van der Waals surface area contributed by atoms with Gasteiger partial charge in [0.2, 0.25) is 11.8 Å². The molecule has 0 radical (unpaired) electrons. The molecule has 8 heteroatoms.